The van der Waals surface area contributed by atoms with Gasteiger partial charge in [-0.25, -0.2) is 19.3 Å². The Kier molecular flexibility index (Phi) is 8.51. The molecule has 0 saturated carbocycles. The fraction of sp³-hybridized carbons (Fsp3) is 0.267. The maximum atomic E-state index is 14.6. The van der Waals surface area contributed by atoms with Crippen LogP contribution in [0.2, 0.25) is 0 Å². The molecule has 0 bridgehead atoms. The first-order valence-electron chi connectivity index (χ1n) is 13.4. The van der Waals surface area contributed by atoms with E-state index in [-0.39, 0.29) is 18.0 Å². The summed E-state index contributed by atoms with van der Waals surface area (Å²) in [7, 11) is 3.35. The lowest BCUT2D eigenvalue weighted by molar-refractivity contribution is -0.127. The number of anilines is 3. The summed E-state index contributed by atoms with van der Waals surface area (Å²) in [5, 5.41) is 3.29. The number of hydrogen-bond acceptors (Lipinski definition) is 9. The summed E-state index contributed by atoms with van der Waals surface area (Å²) in [6.07, 6.45) is 7.14. The second-order valence-corrected chi connectivity index (χ2v) is 9.76. The molecule has 2 aromatic carbocycles. The topological polar surface area (TPSA) is 118 Å². The zero-order valence-electron chi connectivity index (χ0n) is 23.6. The van der Waals surface area contributed by atoms with Gasteiger partial charge in [0.25, 0.3) is 0 Å². The van der Waals surface area contributed by atoms with Crippen LogP contribution in [0.15, 0.2) is 66.6 Å². The minimum atomic E-state index is -0.417. The van der Waals surface area contributed by atoms with Crippen molar-refractivity contribution in [3.8, 4) is 17.5 Å². The third-order valence-corrected chi connectivity index (χ3v) is 6.81. The molecular formula is C30H31FN8O3. The number of nitrogens with zero attached hydrogens (tertiary/aromatic N) is 7. The second kappa shape index (κ2) is 12.6. The van der Waals surface area contributed by atoms with Crippen LogP contribution < -0.4 is 19.7 Å². The Morgan fingerprint density at radius 2 is 2.00 bits per heavy atom. The molecule has 0 unspecified atom stereocenters. The molecule has 1 amide bonds. The van der Waals surface area contributed by atoms with Gasteiger partial charge in [-0.15, -0.1) is 0 Å². The van der Waals surface area contributed by atoms with Crippen LogP contribution in [-0.2, 0) is 4.79 Å². The van der Waals surface area contributed by atoms with E-state index in [1.54, 1.807) is 48.3 Å². The zero-order valence-corrected chi connectivity index (χ0v) is 23.6. The van der Waals surface area contributed by atoms with Crippen molar-refractivity contribution < 1.29 is 18.7 Å². The van der Waals surface area contributed by atoms with E-state index < -0.39 is 5.82 Å². The van der Waals surface area contributed by atoms with Gasteiger partial charge in [-0.1, -0.05) is 6.58 Å². The highest BCUT2D eigenvalue weighted by atomic mass is 19.1. The SMILES string of the molecule is C=CC(=O)N1CCC(Oc2ncc3ncnc(Nc4ccc(Oc5ccc(N(C)C=NC)c(F)c5)c(C)c4)c3n2)CC1. The Bertz CT molecular complexity index is 1640. The maximum absolute atomic E-state index is 14.6. The fourth-order valence-corrected chi connectivity index (χ4v) is 4.64. The molecule has 1 N–H and O–H groups in total. The molecular weight excluding hydrogens is 539 g/mol. The Morgan fingerprint density at radius 1 is 1.19 bits per heavy atom. The predicted molar refractivity (Wildman–Crippen MR) is 159 cm³/mol. The quantitative estimate of drug-likeness (QED) is 0.167. The molecule has 1 aliphatic rings. The molecule has 4 aromatic rings. The number of amides is 1. The van der Waals surface area contributed by atoms with Crippen molar-refractivity contribution in [1.29, 1.82) is 0 Å². The molecule has 5 rings (SSSR count). The van der Waals surface area contributed by atoms with Crippen LogP contribution in [-0.4, -0.2) is 70.4 Å². The van der Waals surface area contributed by atoms with Crippen molar-refractivity contribution in [2.24, 2.45) is 4.99 Å². The molecule has 2 aromatic heterocycles. The minimum Gasteiger partial charge on any atom is -0.460 e. The number of fused-ring (bicyclic) bond motifs is 1. The number of aromatic nitrogens is 4. The van der Waals surface area contributed by atoms with E-state index in [2.05, 4.69) is 36.8 Å². The third kappa shape index (κ3) is 6.43. The highest BCUT2D eigenvalue weighted by Crippen LogP contribution is 2.31. The van der Waals surface area contributed by atoms with E-state index in [4.69, 9.17) is 9.47 Å². The maximum Gasteiger partial charge on any atom is 0.317 e. The molecule has 1 fully saturated rings. The van der Waals surface area contributed by atoms with Gasteiger partial charge in [-0.3, -0.25) is 9.79 Å². The molecule has 1 saturated heterocycles. The number of carbonyl (C=O) groups is 1. The first-order chi connectivity index (χ1) is 20.3. The van der Waals surface area contributed by atoms with E-state index in [1.807, 2.05) is 19.1 Å². The molecule has 0 atom stereocenters. The predicted octanol–water partition coefficient (Wildman–Crippen LogP) is 5.05. The van der Waals surface area contributed by atoms with E-state index in [0.717, 1.165) is 11.3 Å². The summed E-state index contributed by atoms with van der Waals surface area (Å²) in [4.78, 5) is 36.7. The van der Waals surface area contributed by atoms with Crippen molar-refractivity contribution >= 4 is 40.5 Å². The number of piperidine rings is 1. The summed E-state index contributed by atoms with van der Waals surface area (Å²) in [6, 6.07) is 10.5. The van der Waals surface area contributed by atoms with Gasteiger partial charge in [0.2, 0.25) is 5.91 Å². The molecule has 0 spiro atoms. The van der Waals surface area contributed by atoms with Crippen LogP contribution in [0.1, 0.15) is 18.4 Å². The lowest BCUT2D eigenvalue weighted by Crippen LogP contribution is -2.41. The molecule has 12 heteroatoms. The smallest absolute Gasteiger partial charge is 0.317 e. The standard InChI is InChI=1S/C30H31FN8O3/c1-5-27(40)39-12-10-21(11-13-39)42-30-33-16-24-28(37-30)29(35-17-34-24)36-20-6-9-26(19(2)14-20)41-22-7-8-25(23(31)15-22)38(4)18-32-3/h5-9,14-18,21H,1,10-13H2,2-4H3,(H,34,35,36). The van der Waals surface area contributed by atoms with Crippen LogP contribution in [0, 0.1) is 12.7 Å². The number of nitrogens with one attached hydrogen (secondary N) is 1. The van der Waals surface area contributed by atoms with Crippen LogP contribution >= 0.6 is 0 Å². The van der Waals surface area contributed by atoms with Crippen molar-refractivity contribution in [2.75, 3.05) is 37.4 Å². The van der Waals surface area contributed by atoms with E-state index in [0.29, 0.717) is 60.0 Å². The number of aryl methyl sites for hydroxylation is 1. The van der Waals surface area contributed by atoms with Crippen molar-refractivity contribution in [1.82, 2.24) is 24.8 Å². The van der Waals surface area contributed by atoms with Gasteiger partial charge in [0.15, 0.2) is 11.6 Å². The van der Waals surface area contributed by atoms with Gasteiger partial charge in [-0.2, -0.15) is 4.98 Å². The normalized spacial score (nSPS) is 13.8. The first kappa shape index (κ1) is 28.4. The fourth-order valence-electron chi connectivity index (χ4n) is 4.64. The average molecular weight is 571 g/mol. The molecule has 11 nitrogen and oxygen atoms in total. The molecule has 0 aliphatic carbocycles. The zero-order chi connectivity index (χ0) is 29.6. The average Bonchev–Trinajstić information content (AvgIpc) is 2.99. The van der Waals surface area contributed by atoms with Crippen molar-refractivity contribution in [2.45, 2.75) is 25.9 Å². The highest BCUT2D eigenvalue weighted by Gasteiger charge is 2.23. The number of aliphatic imine (C=N–C) groups is 1. The lowest BCUT2D eigenvalue weighted by Gasteiger charge is -2.30. The summed E-state index contributed by atoms with van der Waals surface area (Å²) in [5.74, 6) is 0.963. The Hall–Kier alpha value is -5.13. The number of halogens is 1. The third-order valence-electron chi connectivity index (χ3n) is 6.81. The van der Waals surface area contributed by atoms with Gasteiger partial charge >= 0.3 is 6.01 Å². The van der Waals surface area contributed by atoms with Gasteiger partial charge in [0.1, 0.15) is 35.0 Å². The number of carbonyl (C=O) groups excluding carboxylic acids is 1. The van der Waals surface area contributed by atoms with E-state index >= 15 is 0 Å². The van der Waals surface area contributed by atoms with Crippen LogP contribution in [0.3, 0.4) is 0 Å². The Labute approximate surface area is 242 Å². The van der Waals surface area contributed by atoms with Gasteiger partial charge < -0.3 is 24.6 Å². The monoisotopic (exact) mass is 570 g/mol. The minimum absolute atomic E-state index is 0.0766. The Balaban J connectivity index is 1.28. The van der Waals surface area contributed by atoms with Crippen molar-refractivity contribution in [3.63, 3.8) is 0 Å². The number of hydrogen-bond donors (Lipinski definition) is 1. The first-order valence-corrected chi connectivity index (χ1v) is 13.4. The van der Waals surface area contributed by atoms with E-state index in [9.17, 15) is 9.18 Å². The van der Waals surface area contributed by atoms with Gasteiger partial charge in [-0.05, 0) is 48.9 Å². The largest absolute Gasteiger partial charge is 0.460 e. The molecule has 0 radical (unpaired) electrons. The molecule has 216 valence electrons. The number of likely N-dealkylation sites (tertiary alicyclic amines) is 1. The van der Waals surface area contributed by atoms with Crippen LogP contribution in [0.5, 0.6) is 17.5 Å². The van der Waals surface area contributed by atoms with Crippen LogP contribution in [0.4, 0.5) is 21.6 Å². The Morgan fingerprint density at radius 3 is 2.71 bits per heavy atom. The lowest BCUT2D eigenvalue weighted by atomic mass is 10.1. The summed E-state index contributed by atoms with van der Waals surface area (Å²) < 4.78 is 26.6. The summed E-state index contributed by atoms with van der Waals surface area (Å²) in [5.41, 5.74) is 3.04. The van der Waals surface area contributed by atoms with Gasteiger partial charge in [0.05, 0.1) is 18.2 Å². The van der Waals surface area contributed by atoms with E-state index in [1.165, 1.54) is 24.8 Å². The summed E-state index contributed by atoms with van der Waals surface area (Å²) in [6.45, 7) is 6.62. The highest BCUT2D eigenvalue weighted by molar-refractivity contribution is 5.87. The molecule has 42 heavy (non-hydrogen) atoms. The van der Waals surface area contributed by atoms with Gasteiger partial charge in [0, 0.05) is 51.8 Å². The number of ether oxygens (including phenoxy) is 2. The second-order valence-electron chi connectivity index (χ2n) is 9.76. The van der Waals surface area contributed by atoms with Crippen molar-refractivity contribution in [3.05, 3.63) is 73.0 Å². The molecule has 3 heterocycles. The molecule has 1 aliphatic heterocycles. The summed E-state index contributed by atoms with van der Waals surface area (Å²) >= 11 is 0. The van der Waals surface area contributed by atoms with Crippen LogP contribution in [0.25, 0.3) is 11.0 Å². The number of rotatable bonds is 9. The number of benzene rings is 2.